The largest absolute Gasteiger partial charge is 0.395 e. The number of anilines is 1. The maximum Gasteiger partial charge on any atom is 0.126 e. The van der Waals surface area contributed by atoms with Gasteiger partial charge in [0.1, 0.15) is 11.6 Å². The van der Waals surface area contributed by atoms with Crippen molar-refractivity contribution >= 4 is 29.8 Å². The molecule has 6 nitrogen and oxygen atoms in total. The van der Waals surface area contributed by atoms with Crippen molar-refractivity contribution in [3.05, 3.63) is 76.7 Å². The van der Waals surface area contributed by atoms with E-state index in [0.29, 0.717) is 36.4 Å². The lowest BCUT2D eigenvalue weighted by Crippen LogP contribution is -2.22. The normalized spacial score (nSPS) is 14.5. The number of nitrogens with two attached hydrogens (primary N) is 1. The first kappa shape index (κ1) is 27.7. The number of halogens is 2. The number of hydrogen-bond donors (Lipinski definition) is 4. The van der Waals surface area contributed by atoms with Crippen LogP contribution in [0.2, 0.25) is 5.02 Å². The predicted molar refractivity (Wildman–Crippen MR) is 141 cm³/mol. The first-order chi connectivity index (χ1) is 16.6. The SMILES string of the molecule is C=N/C(=C\C=C/CNCc1cccc(F)c1)c1cc(NC2CCCCC2)ncc1Cl.NCCO. The molecule has 0 atom stereocenters. The molecule has 1 aromatic carbocycles. The van der Waals surface area contributed by atoms with Gasteiger partial charge in [0.2, 0.25) is 0 Å². The van der Waals surface area contributed by atoms with Crippen molar-refractivity contribution in [1.82, 2.24) is 10.3 Å². The fourth-order valence-electron chi connectivity index (χ4n) is 3.57. The first-order valence-electron chi connectivity index (χ1n) is 11.6. The molecule has 8 heteroatoms. The summed E-state index contributed by atoms with van der Waals surface area (Å²) in [6.45, 7) is 5.41. The highest BCUT2D eigenvalue weighted by Gasteiger charge is 2.15. The van der Waals surface area contributed by atoms with Crippen LogP contribution in [0, 0.1) is 5.82 Å². The number of hydrogen-bond acceptors (Lipinski definition) is 6. The minimum atomic E-state index is -0.221. The summed E-state index contributed by atoms with van der Waals surface area (Å²) in [4.78, 5) is 8.56. The predicted octanol–water partition coefficient (Wildman–Crippen LogP) is 4.94. The quantitative estimate of drug-likeness (QED) is 0.216. The van der Waals surface area contributed by atoms with Gasteiger partial charge < -0.3 is 21.5 Å². The van der Waals surface area contributed by atoms with Crippen LogP contribution in [0.5, 0.6) is 0 Å². The molecule has 0 unspecified atom stereocenters. The lowest BCUT2D eigenvalue weighted by atomic mass is 9.95. The molecule has 5 N–H and O–H groups in total. The van der Waals surface area contributed by atoms with Gasteiger partial charge in [-0.15, -0.1) is 0 Å². The topological polar surface area (TPSA) is 95.6 Å². The van der Waals surface area contributed by atoms with Gasteiger partial charge in [0.15, 0.2) is 0 Å². The van der Waals surface area contributed by atoms with Gasteiger partial charge in [-0.3, -0.25) is 4.99 Å². The third-order valence-electron chi connectivity index (χ3n) is 5.26. The van der Waals surface area contributed by atoms with Crippen molar-refractivity contribution in [2.24, 2.45) is 10.7 Å². The zero-order valence-corrected chi connectivity index (χ0v) is 20.3. The highest BCUT2D eigenvalue weighted by atomic mass is 35.5. The summed E-state index contributed by atoms with van der Waals surface area (Å²) < 4.78 is 13.2. The average Bonchev–Trinajstić information content (AvgIpc) is 2.86. The number of aliphatic hydroxyl groups excluding tert-OH is 1. The van der Waals surface area contributed by atoms with E-state index in [2.05, 4.69) is 27.3 Å². The van der Waals surface area contributed by atoms with Gasteiger partial charge in [-0.05, 0) is 49.4 Å². The van der Waals surface area contributed by atoms with E-state index in [-0.39, 0.29) is 12.4 Å². The standard InChI is InChI=1S/C24H28ClFN4.C2H7NO/c1-27-23(12-5-6-13-28-16-18-8-7-9-19(26)14-18)21-15-24(29-17-22(21)25)30-20-10-3-2-4-11-20;3-1-2-4/h5-9,12,14-15,17,20,28H,1-4,10-11,13,16H2,(H,29,30);4H,1-3H2/b6-5-,23-12-;. The van der Waals surface area contributed by atoms with Crippen LogP contribution in [0.1, 0.15) is 43.2 Å². The van der Waals surface area contributed by atoms with Crippen molar-refractivity contribution in [3.8, 4) is 0 Å². The highest BCUT2D eigenvalue weighted by Crippen LogP contribution is 2.28. The van der Waals surface area contributed by atoms with Crippen LogP contribution >= 0.6 is 11.6 Å². The third kappa shape index (κ3) is 10.1. The monoisotopic (exact) mass is 487 g/mol. The van der Waals surface area contributed by atoms with E-state index in [4.69, 9.17) is 22.4 Å². The summed E-state index contributed by atoms with van der Waals surface area (Å²) in [5.74, 6) is 0.595. The lowest BCUT2D eigenvalue weighted by molar-refractivity contribution is 0.306. The van der Waals surface area contributed by atoms with Crippen molar-refractivity contribution in [2.75, 3.05) is 25.0 Å². The van der Waals surface area contributed by atoms with Crippen molar-refractivity contribution in [2.45, 2.75) is 44.7 Å². The molecule has 1 aliphatic rings. The van der Waals surface area contributed by atoms with E-state index in [1.807, 2.05) is 30.4 Å². The molecule has 0 aliphatic heterocycles. The van der Waals surface area contributed by atoms with Crippen LogP contribution in [-0.2, 0) is 6.54 Å². The van der Waals surface area contributed by atoms with E-state index in [0.717, 1.165) is 16.9 Å². The fraction of sp³-hybridized carbons (Fsp3) is 0.385. The Morgan fingerprint density at radius 3 is 2.74 bits per heavy atom. The van der Waals surface area contributed by atoms with Crippen molar-refractivity contribution < 1.29 is 9.50 Å². The van der Waals surface area contributed by atoms with Crippen LogP contribution in [0.4, 0.5) is 10.2 Å². The number of rotatable bonds is 10. The van der Waals surface area contributed by atoms with E-state index in [9.17, 15) is 4.39 Å². The second-order valence-corrected chi connectivity index (χ2v) is 8.35. The van der Waals surface area contributed by atoms with Gasteiger partial charge in [0.25, 0.3) is 0 Å². The number of allylic oxidation sites excluding steroid dienone is 2. The Morgan fingerprint density at radius 2 is 2.06 bits per heavy atom. The lowest BCUT2D eigenvalue weighted by Gasteiger charge is -2.23. The molecule has 1 aromatic heterocycles. The Bertz CT molecular complexity index is 943. The van der Waals surface area contributed by atoms with Gasteiger partial charge in [0.05, 0.1) is 17.3 Å². The zero-order valence-electron chi connectivity index (χ0n) is 19.5. The van der Waals surface area contributed by atoms with Gasteiger partial charge in [0, 0.05) is 37.4 Å². The summed E-state index contributed by atoms with van der Waals surface area (Å²) in [6, 6.07) is 8.98. The minimum Gasteiger partial charge on any atom is -0.395 e. The van der Waals surface area contributed by atoms with Crippen LogP contribution in [0.15, 0.2) is 59.7 Å². The van der Waals surface area contributed by atoms with Crippen LogP contribution < -0.4 is 16.4 Å². The summed E-state index contributed by atoms with van der Waals surface area (Å²) in [7, 11) is 0. The Balaban J connectivity index is 0.000000945. The molecule has 184 valence electrons. The van der Waals surface area contributed by atoms with Gasteiger partial charge in [-0.25, -0.2) is 9.37 Å². The van der Waals surface area contributed by atoms with E-state index >= 15 is 0 Å². The Kier molecular flexibility index (Phi) is 13.1. The zero-order chi connectivity index (χ0) is 24.6. The molecule has 1 heterocycles. The number of benzene rings is 1. The van der Waals surface area contributed by atoms with Gasteiger partial charge >= 0.3 is 0 Å². The fourth-order valence-corrected chi connectivity index (χ4v) is 3.77. The Morgan fingerprint density at radius 1 is 1.29 bits per heavy atom. The third-order valence-corrected chi connectivity index (χ3v) is 5.56. The van der Waals surface area contributed by atoms with E-state index in [1.165, 1.54) is 44.2 Å². The summed E-state index contributed by atoms with van der Waals surface area (Å²) in [6.07, 6.45) is 13.6. The van der Waals surface area contributed by atoms with Crippen molar-refractivity contribution in [1.29, 1.82) is 0 Å². The second-order valence-electron chi connectivity index (χ2n) is 7.94. The highest BCUT2D eigenvalue weighted by molar-refractivity contribution is 6.32. The molecular formula is C26H35ClFN5O. The molecule has 1 saturated carbocycles. The molecular weight excluding hydrogens is 453 g/mol. The molecule has 0 radical (unpaired) electrons. The smallest absolute Gasteiger partial charge is 0.126 e. The van der Waals surface area contributed by atoms with Crippen LogP contribution in [0.3, 0.4) is 0 Å². The minimum absolute atomic E-state index is 0.0972. The van der Waals surface area contributed by atoms with E-state index in [1.54, 1.807) is 12.3 Å². The van der Waals surface area contributed by atoms with Gasteiger partial charge in [-0.2, -0.15) is 0 Å². The number of nitrogens with zero attached hydrogens (tertiary/aromatic N) is 2. The summed E-state index contributed by atoms with van der Waals surface area (Å²) in [5, 5.41) is 15.1. The maximum atomic E-state index is 13.2. The maximum absolute atomic E-state index is 13.2. The molecule has 1 fully saturated rings. The Hall–Kier alpha value is -2.58. The number of aliphatic hydroxyl groups is 1. The molecule has 3 rings (SSSR count). The molecule has 0 amide bonds. The number of aliphatic imine (C=N–C) groups is 1. The number of aromatic nitrogens is 1. The number of pyridine rings is 1. The van der Waals surface area contributed by atoms with Crippen molar-refractivity contribution in [3.63, 3.8) is 0 Å². The summed E-state index contributed by atoms with van der Waals surface area (Å²) >= 11 is 6.37. The molecule has 34 heavy (non-hydrogen) atoms. The van der Waals surface area contributed by atoms with Crippen LogP contribution in [0.25, 0.3) is 5.70 Å². The molecule has 0 bridgehead atoms. The number of nitrogens with one attached hydrogen (secondary N) is 2. The molecule has 0 saturated heterocycles. The molecule has 1 aliphatic carbocycles. The van der Waals surface area contributed by atoms with E-state index < -0.39 is 0 Å². The first-order valence-corrected chi connectivity index (χ1v) is 12.0. The second kappa shape index (κ2) is 16.1. The average molecular weight is 488 g/mol. The van der Waals surface area contributed by atoms with Gasteiger partial charge in [-0.1, -0.05) is 55.1 Å². The summed E-state index contributed by atoms with van der Waals surface area (Å²) in [5.41, 5.74) is 7.18. The van der Waals surface area contributed by atoms with Crippen LogP contribution in [-0.4, -0.2) is 42.5 Å². The molecule has 0 spiro atoms. The Labute approximate surface area is 206 Å². The molecule has 2 aromatic rings.